The van der Waals surface area contributed by atoms with E-state index >= 15 is 0 Å². The Kier molecular flexibility index (Phi) is 36.7. The van der Waals surface area contributed by atoms with Gasteiger partial charge in [0.05, 0.1) is 13.2 Å². The summed E-state index contributed by atoms with van der Waals surface area (Å²) in [5.74, 6) is -0.813. The number of carbonyl (C=O) groups excluding carboxylic acids is 2. The molecular formula is C48H88O10. The molecule has 4 N–H and O–H groups in total. The first-order valence-corrected chi connectivity index (χ1v) is 23.9. The number of unbranched alkanes of at least 4 members (excludes halogenated alkanes) is 25. The second kappa shape index (κ2) is 39.3. The van der Waals surface area contributed by atoms with Crippen LogP contribution in [-0.2, 0) is 28.5 Å². The fourth-order valence-corrected chi connectivity index (χ4v) is 7.28. The smallest absolute Gasteiger partial charge is 0.306 e. The second-order valence-electron chi connectivity index (χ2n) is 16.6. The fraction of sp³-hybridized carbons (Fsp3) is 0.875. The van der Waals surface area contributed by atoms with Crippen molar-refractivity contribution in [2.75, 3.05) is 19.8 Å². The molecule has 1 fully saturated rings. The molecule has 1 aliphatic rings. The Balaban J connectivity index is 2.29. The number of allylic oxidation sites excluding steroid dienone is 4. The Labute approximate surface area is 353 Å². The lowest BCUT2D eigenvalue weighted by atomic mass is 9.99. The molecule has 0 bridgehead atoms. The molecule has 340 valence electrons. The third kappa shape index (κ3) is 30.2. The van der Waals surface area contributed by atoms with Crippen LogP contribution in [0.25, 0.3) is 0 Å². The Bertz CT molecular complexity index is 1000. The number of hydrogen-bond acceptors (Lipinski definition) is 10. The van der Waals surface area contributed by atoms with Gasteiger partial charge in [0.15, 0.2) is 12.4 Å². The predicted octanol–water partition coefficient (Wildman–Crippen LogP) is 10.5. The van der Waals surface area contributed by atoms with E-state index in [4.69, 9.17) is 18.9 Å². The normalized spacial score (nSPS) is 20.3. The van der Waals surface area contributed by atoms with Crippen molar-refractivity contribution in [1.29, 1.82) is 0 Å². The predicted molar refractivity (Wildman–Crippen MR) is 233 cm³/mol. The van der Waals surface area contributed by atoms with E-state index in [1.54, 1.807) is 0 Å². The summed E-state index contributed by atoms with van der Waals surface area (Å²) in [4.78, 5) is 25.4. The molecule has 10 heteroatoms. The summed E-state index contributed by atoms with van der Waals surface area (Å²) in [7, 11) is 0. The van der Waals surface area contributed by atoms with Crippen LogP contribution in [0.1, 0.15) is 213 Å². The second-order valence-corrected chi connectivity index (χ2v) is 16.6. The van der Waals surface area contributed by atoms with Gasteiger partial charge < -0.3 is 39.4 Å². The van der Waals surface area contributed by atoms with Crippen LogP contribution in [0.4, 0.5) is 0 Å². The van der Waals surface area contributed by atoms with Gasteiger partial charge in [0, 0.05) is 12.8 Å². The highest BCUT2D eigenvalue weighted by Crippen LogP contribution is 2.23. The summed E-state index contributed by atoms with van der Waals surface area (Å²) < 4.78 is 22.2. The molecule has 1 saturated heterocycles. The lowest BCUT2D eigenvalue weighted by Crippen LogP contribution is -2.59. The molecule has 0 spiro atoms. The average Bonchev–Trinajstić information content (AvgIpc) is 3.22. The van der Waals surface area contributed by atoms with Gasteiger partial charge in [0.1, 0.15) is 31.0 Å². The van der Waals surface area contributed by atoms with Crippen LogP contribution >= 0.6 is 0 Å². The minimum atomic E-state index is -1.60. The van der Waals surface area contributed by atoms with Crippen LogP contribution in [0, 0.1) is 0 Å². The lowest BCUT2D eigenvalue weighted by Gasteiger charge is -2.39. The van der Waals surface area contributed by atoms with Gasteiger partial charge in [0.25, 0.3) is 0 Å². The number of esters is 2. The molecule has 0 aromatic carbocycles. The Morgan fingerprint density at radius 2 is 0.966 bits per heavy atom. The molecule has 2 unspecified atom stereocenters. The number of aliphatic hydroxyl groups excluding tert-OH is 4. The Hall–Kier alpha value is -1.82. The molecular weight excluding hydrogens is 737 g/mol. The Morgan fingerprint density at radius 1 is 0.534 bits per heavy atom. The zero-order valence-corrected chi connectivity index (χ0v) is 37.1. The maximum Gasteiger partial charge on any atom is 0.306 e. The highest BCUT2D eigenvalue weighted by molar-refractivity contribution is 5.70. The summed E-state index contributed by atoms with van der Waals surface area (Å²) in [6.07, 6.45) is 36.1. The van der Waals surface area contributed by atoms with Crippen molar-refractivity contribution in [3.63, 3.8) is 0 Å². The monoisotopic (exact) mass is 825 g/mol. The van der Waals surface area contributed by atoms with Gasteiger partial charge in [-0.3, -0.25) is 9.59 Å². The van der Waals surface area contributed by atoms with Gasteiger partial charge >= 0.3 is 11.9 Å². The molecule has 0 amide bonds. The minimum Gasteiger partial charge on any atom is -0.462 e. The van der Waals surface area contributed by atoms with Gasteiger partial charge in [-0.2, -0.15) is 0 Å². The van der Waals surface area contributed by atoms with E-state index < -0.39 is 49.4 Å². The van der Waals surface area contributed by atoms with Crippen LogP contribution in [0.15, 0.2) is 24.3 Å². The first-order valence-electron chi connectivity index (χ1n) is 23.9. The molecule has 0 aliphatic carbocycles. The minimum absolute atomic E-state index is 0.217. The molecule has 10 nitrogen and oxygen atoms in total. The Morgan fingerprint density at radius 3 is 1.47 bits per heavy atom. The number of ether oxygens (including phenoxy) is 4. The van der Waals surface area contributed by atoms with Gasteiger partial charge in [-0.1, -0.05) is 179 Å². The quantitative estimate of drug-likeness (QED) is 0.0267. The summed E-state index contributed by atoms with van der Waals surface area (Å²) in [5.41, 5.74) is 0. The van der Waals surface area contributed by atoms with E-state index in [1.807, 2.05) is 0 Å². The molecule has 0 radical (unpaired) electrons. The summed E-state index contributed by atoms with van der Waals surface area (Å²) in [6.45, 7) is 3.41. The van der Waals surface area contributed by atoms with Crippen molar-refractivity contribution in [1.82, 2.24) is 0 Å². The van der Waals surface area contributed by atoms with Crippen molar-refractivity contribution >= 4 is 11.9 Å². The molecule has 6 atom stereocenters. The highest BCUT2D eigenvalue weighted by atomic mass is 16.7. The topological polar surface area (TPSA) is 152 Å². The number of rotatable bonds is 40. The van der Waals surface area contributed by atoms with Gasteiger partial charge in [-0.15, -0.1) is 0 Å². The molecule has 58 heavy (non-hydrogen) atoms. The van der Waals surface area contributed by atoms with Gasteiger partial charge in [-0.25, -0.2) is 0 Å². The molecule has 0 aromatic heterocycles. The van der Waals surface area contributed by atoms with Crippen molar-refractivity contribution < 1.29 is 49.0 Å². The van der Waals surface area contributed by atoms with Crippen LogP contribution < -0.4 is 0 Å². The van der Waals surface area contributed by atoms with Gasteiger partial charge in [0.2, 0.25) is 0 Å². The third-order valence-corrected chi connectivity index (χ3v) is 11.1. The van der Waals surface area contributed by atoms with Crippen LogP contribution in [0.3, 0.4) is 0 Å². The molecule has 0 saturated carbocycles. The van der Waals surface area contributed by atoms with E-state index in [0.29, 0.717) is 6.42 Å². The molecule has 1 aliphatic heterocycles. The third-order valence-electron chi connectivity index (χ3n) is 11.1. The SMILES string of the molecule is CCCCC/C=C/C/C=C/CCCCCCCC(=O)O[C@@H](COC(=O)CCCCCCCCCCCCCCCCCCCC)CO[C@H]1O[C@@H](CO)[C@@H](O)C(O)C1O. The van der Waals surface area contributed by atoms with Gasteiger partial charge in [-0.05, 0) is 44.9 Å². The van der Waals surface area contributed by atoms with E-state index in [2.05, 4.69) is 38.2 Å². The van der Waals surface area contributed by atoms with E-state index in [9.17, 15) is 30.0 Å². The first-order chi connectivity index (χ1) is 28.3. The first kappa shape index (κ1) is 54.2. The van der Waals surface area contributed by atoms with E-state index in [1.165, 1.54) is 122 Å². The van der Waals surface area contributed by atoms with Crippen molar-refractivity contribution in [2.45, 2.75) is 250 Å². The maximum atomic E-state index is 12.8. The number of aliphatic hydroxyl groups is 4. The molecule has 1 heterocycles. The van der Waals surface area contributed by atoms with Crippen LogP contribution in [-0.4, -0.2) is 89.0 Å². The standard InChI is InChI=1S/C48H88O10/c1-3-5-7-9-11-13-15-17-19-20-21-23-24-26-28-30-32-34-36-43(50)55-39-41(40-56-48-47(54)46(53)45(52)42(38-49)58-48)57-44(51)37-35-33-31-29-27-25-22-18-16-14-12-10-8-6-4-2/h12,14,18,22,41-42,45-49,52-54H,3-11,13,15-17,19-21,23-40H2,1-2H3/b14-12+,22-18+/t41-,42-,45+,46?,47?,48-/m0/s1. The average molecular weight is 825 g/mol. The van der Waals surface area contributed by atoms with Crippen molar-refractivity contribution in [2.24, 2.45) is 0 Å². The lowest BCUT2D eigenvalue weighted by molar-refractivity contribution is -0.305. The summed E-state index contributed by atoms with van der Waals surface area (Å²) >= 11 is 0. The molecule has 1 rings (SSSR count). The number of hydrogen-bond donors (Lipinski definition) is 4. The summed E-state index contributed by atoms with van der Waals surface area (Å²) in [6, 6.07) is 0. The maximum absolute atomic E-state index is 12.8. The molecule has 0 aromatic rings. The zero-order valence-electron chi connectivity index (χ0n) is 37.1. The van der Waals surface area contributed by atoms with E-state index in [0.717, 1.165) is 57.8 Å². The zero-order chi connectivity index (χ0) is 42.3. The largest absolute Gasteiger partial charge is 0.462 e. The van der Waals surface area contributed by atoms with Crippen molar-refractivity contribution in [3.05, 3.63) is 24.3 Å². The highest BCUT2D eigenvalue weighted by Gasteiger charge is 2.44. The fourth-order valence-electron chi connectivity index (χ4n) is 7.28. The summed E-state index contributed by atoms with van der Waals surface area (Å²) in [5, 5.41) is 40.1. The number of carbonyl (C=O) groups is 2. The van der Waals surface area contributed by atoms with E-state index in [-0.39, 0.29) is 32.0 Å². The van der Waals surface area contributed by atoms with Crippen LogP contribution in [0.2, 0.25) is 0 Å². The van der Waals surface area contributed by atoms with Crippen LogP contribution in [0.5, 0.6) is 0 Å². The van der Waals surface area contributed by atoms with Crippen molar-refractivity contribution in [3.8, 4) is 0 Å².